The molecule has 1 unspecified atom stereocenters. The summed E-state index contributed by atoms with van der Waals surface area (Å²) in [7, 11) is 0. The number of rotatable bonds is 11. The van der Waals surface area contributed by atoms with Gasteiger partial charge >= 0.3 is 6.09 Å². The van der Waals surface area contributed by atoms with Crippen molar-refractivity contribution in [2.75, 3.05) is 52.6 Å². The van der Waals surface area contributed by atoms with Gasteiger partial charge < -0.3 is 39.0 Å². The molecule has 1 aromatic carbocycles. The summed E-state index contributed by atoms with van der Waals surface area (Å²) < 4.78 is 40.0. The zero-order valence-electron chi connectivity index (χ0n) is 38.4. The van der Waals surface area contributed by atoms with Crippen LogP contribution < -0.4 is 24.8 Å². The molecule has 0 radical (unpaired) electrons. The first-order valence-corrected chi connectivity index (χ1v) is 24.8. The number of allylic oxidation sites excluding steroid dienone is 1. The van der Waals surface area contributed by atoms with Gasteiger partial charge in [-0.25, -0.2) is 9.78 Å². The number of carbonyl (C=O) groups excluding carboxylic acids is 4. The van der Waals surface area contributed by atoms with Crippen LogP contribution >= 0.6 is 0 Å². The second-order valence-corrected chi connectivity index (χ2v) is 22.1. The van der Waals surface area contributed by atoms with Gasteiger partial charge in [-0.2, -0.15) is 4.72 Å². The summed E-state index contributed by atoms with van der Waals surface area (Å²) >= 11 is -1.61. The molecule has 0 bridgehead atoms. The van der Waals surface area contributed by atoms with Crippen molar-refractivity contribution in [3.8, 4) is 11.5 Å². The maximum atomic E-state index is 15.0. The third-order valence-electron chi connectivity index (χ3n) is 13.9. The van der Waals surface area contributed by atoms with Gasteiger partial charge in [0.25, 0.3) is 5.91 Å². The van der Waals surface area contributed by atoms with Crippen molar-refractivity contribution in [3.05, 3.63) is 41.6 Å². The van der Waals surface area contributed by atoms with Gasteiger partial charge in [0.05, 0.1) is 55.5 Å². The average molecular weight is 905 g/mol. The summed E-state index contributed by atoms with van der Waals surface area (Å²) in [6, 6.07) is 4.03. The molecule has 6 atom stereocenters. The van der Waals surface area contributed by atoms with Crippen molar-refractivity contribution < 1.29 is 42.7 Å². The zero-order valence-corrected chi connectivity index (χ0v) is 39.2. The van der Waals surface area contributed by atoms with E-state index in [1.54, 1.807) is 4.90 Å². The lowest BCUT2D eigenvalue weighted by molar-refractivity contribution is -0.141. The van der Waals surface area contributed by atoms with Gasteiger partial charge in [-0.15, -0.1) is 0 Å². The Hall–Kier alpha value is -4.12. The van der Waals surface area contributed by atoms with E-state index in [0.717, 1.165) is 99.3 Å². The van der Waals surface area contributed by atoms with E-state index in [1.807, 2.05) is 65.0 Å². The minimum Gasteiger partial charge on any atom is -0.593 e. The van der Waals surface area contributed by atoms with Crippen molar-refractivity contribution in [2.45, 2.75) is 146 Å². The van der Waals surface area contributed by atoms with Crippen LogP contribution in [0.15, 0.2) is 30.4 Å². The summed E-state index contributed by atoms with van der Waals surface area (Å²) in [5.74, 6) is -0.227. The van der Waals surface area contributed by atoms with Gasteiger partial charge in [0, 0.05) is 55.8 Å². The number of ether oxygens (including phenoxy) is 4. The van der Waals surface area contributed by atoms with Crippen LogP contribution in [-0.2, 0) is 48.1 Å². The number of nitrogens with one attached hydrogen (secondary N) is 3. The first kappa shape index (κ1) is 46.4. The number of nitrogens with zero attached hydrogens (tertiary/aromatic N) is 3. The minimum absolute atomic E-state index is 0.0942. The largest absolute Gasteiger partial charge is 0.593 e. The Balaban J connectivity index is 1.07. The van der Waals surface area contributed by atoms with Crippen molar-refractivity contribution >= 4 is 46.1 Å². The highest BCUT2D eigenvalue weighted by Gasteiger charge is 2.64. The Morgan fingerprint density at radius 2 is 1.89 bits per heavy atom. The molecule has 1 aromatic heterocycles. The van der Waals surface area contributed by atoms with Crippen LogP contribution in [0.5, 0.6) is 11.5 Å². The number of amides is 4. The van der Waals surface area contributed by atoms with Crippen LogP contribution in [0.1, 0.15) is 117 Å². The van der Waals surface area contributed by atoms with Crippen LogP contribution in [0.3, 0.4) is 0 Å². The first-order chi connectivity index (χ1) is 30.6. The molecule has 1 spiro atoms. The molecule has 8 rings (SSSR count). The monoisotopic (exact) mass is 904 g/mol. The molecule has 4 fully saturated rings. The van der Waals surface area contributed by atoms with E-state index < -0.39 is 63.1 Å². The molecule has 64 heavy (non-hydrogen) atoms. The standard InChI is InChI=1S/C48H68N6O9S/c1-6-36-40-34(35-27-33(15-16-37(35)49-36)61-24-12-21-53-22-25-60-26-23-53)17-18-47(63-40)29-39-41(55)51-48(43(57)52-64(59)46(5)19-20-46)28-32(48)13-10-8-7-9-11-14-38(42(56)54(39)30-47)50-44(58)62-31-45(2,3)4/h10,13,15-16,27,32,38-39H,6-9,11-12,14,17-26,28-31H2,1-5H3,(H,50,58)(H,51,55)(H,52,57)/b13-10-/t32-,38+,39+,47-,48-,64?/m1/s1. The van der Waals surface area contributed by atoms with E-state index >= 15 is 0 Å². The molecule has 2 aromatic rings. The summed E-state index contributed by atoms with van der Waals surface area (Å²) in [4.78, 5) is 66.2. The van der Waals surface area contributed by atoms with E-state index in [1.165, 1.54) is 0 Å². The Morgan fingerprint density at radius 1 is 1.09 bits per heavy atom. The van der Waals surface area contributed by atoms with Gasteiger partial charge in [0.1, 0.15) is 39.5 Å². The third-order valence-corrected chi connectivity index (χ3v) is 15.5. The van der Waals surface area contributed by atoms with E-state index in [-0.39, 0.29) is 30.9 Å². The highest BCUT2D eigenvalue weighted by Crippen LogP contribution is 2.49. The number of fused-ring (bicyclic) bond motifs is 5. The van der Waals surface area contributed by atoms with E-state index in [9.17, 15) is 23.7 Å². The second-order valence-electron chi connectivity index (χ2n) is 20.3. The van der Waals surface area contributed by atoms with Crippen molar-refractivity contribution in [3.63, 3.8) is 0 Å². The molecule has 4 amide bonds. The second kappa shape index (κ2) is 19.0. The fourth-order valence-electron chi connectivity index (χ4n) is 9.55. The number of morpholine rings is 1. The number of hydrogen-bond acceptors (Lipinski definition) is 11. The lowest BCUT2D eigenvalue weighted by atomic mass is 9.87. The normalized spacial score (nSPS) is 29.2. The number of alkyl carbamates (subject to hydrolysis) is 1. The molecule has 4 aliphatic heterocycles. The molecule has 15 nitrogen and oxygen atoms in total. The third kappa shape index (κ3) is 10.4. The summed E-state index contributed by atoms with van der Waals surface area (Å²) in [6.45, 7) is 15.0. The van der Waals surface area contributed by atoms with Crippen LogP contribution in [0.4, 0.5) is 4.79 Å². The molecular formula is C48H68N6O9S. The maximum absolute atomic E-state index is 15.0. The Bertz CT molecular complexity index is 2100. The Labute approximate surface area is 380 Å². The number of benzene rings is 1. The topological polar surface area (TPSA) is 184 Å². The summed E-state index contributed by atoms with van der Waals surface area (Å²) in [6.07, 6.45) is 11.5. The lowest BCUT2D eigenvalue weighted by Crippen LogP contribution is -2.58. The Morgan fingerprint density at radius 3 is 2.64 bits per heavy atom. The van der Waals surface area contributed by atoms with Gasteiger partial charge in [-0.05, 0) is 81.9 Å². The van der Waals surface area contributed by atoms with Gasteiger partial charge in [0.15, 0.2) is 0 Å². The van der Waals surface area contributed by atoms with E-state index in [2.05, 4.69) is 20.3 Å². The molecule has 2 saturated carbocycles. The number of pyridine rings is 1. The highest BCUT2D eigenvalue weighted by molar-refractivity contribution is 7.91. The fraction of sp³-hybridized carbons (Fsp3) is 0.688. The average Bonchev–Trinajstić information content (AvgIpc) is 4.17. The molecule has 350 valence electrons. The molecule has 5 heterocycles. The quantitative estimate of drug-likeness (QED) is 0.149. The lowest BCUT2D eigenvalue weighted by Gasteiger charge is -2.37. The number of carbonyl (C=O) groups is 4. The molecular weight excluding hydrogens is 837 g/mol. The number of hydrogen-bond donors (Lipinski definition) is 3. The van der Waals surface area contributed by atoms with Gasteiger partial charge in [-0.1, -0.05) is 52.7 Å². The zero-order chi connectivity index (χ0) is 45.3. The molecule has 2 saturated heterocycles. The van der Waals surface area contributed by atoms with Crippen LogP contribution in [0, 0.1) is 11.3 Å². The molecule has 3 N–H and O–H groups in total. The highest BCUT2D eigenvalue weighted by atomic mass is 32.2. The maximum Gasteiger partial charge on any atom is 0.407 e. The summed E-state index contributed by atoms with van der Waals surface area (Å²) in [5, 5.41) is 6.91. The van der Waals surface area contributed by atoms with Gasteiger partial charge in [-0.3, -0.25) is 19.3 Å². The van der Waals surface area contributed by atoms with Crippen molar-refractivity contribution in [1.82, 2.24) is 30.1 Å². The fourth-order valence-corrected chi connectivity index (χ4v) is 10.6. The molecule has 16 heteroatoms. The number of aromatic nitrogens is 1. The Kier molecular flexibility index (Phi) is 13.8. The van der Waals surface area contributed by atoms with Crippen molar-refractivity contribution in [2.24, 2.45) is 11.3 Å². The first-order valence-electron chi connectivity index (χ1n) is 23.6. The SMILES string of the molecule is CCc1nc2ccc(OCCCN3CCOCC3)cc2c2c1O[C@]1(CC2)C[C@H]2C(=O)N[C@]3(C(=O)N[S+]([O-])C4(C)CC4)C[C@H]3/C=C\CCCCC[C@H](NC(=O)OCC(C)(C)C)C(=O)N2C1. The molecule has 6 aliphatic rings. The van der Waals surface area contributed by atoms with Crippen molar-refractivity contribution in [1.29, 1.82) is 0 Å². The van der Waals surface area contributed by atoms with Gasteiger partial charge in [0.2, 0.25) is 11.8 Å². The molecule has 2 aliphatic carbocycles. The smallest absolute Gasteiger partial charge is 0.407 e. The van der Waals surface area contributed by atoms with E-state index in [4.69, 9.17) is 23.9 Å². The predicted octanol–water partition coefficient (Wildman–Crippen LogP) is 5.43. The minimum atomic E-state index is -1.61. The number of aryl methyl sites for hydroxylation is 2. The van der Waals surface area contributed by atoms with Crippen LogP contribution in [0.25, 0.3) is 10.9 Å². The predicted molar refractivity (Wildman–Crippen MR) is 243 cm³/mol. The van der Waals surface area contributed by atoms with Crippen LogP contribution in [-0.4, -0.2) is 124 Å². The summed E-state index contributed by atoms with van der Waals surface area (Å²) in [5.41, 5.74) is 0.117. The van der Waals surface area contributed by atoms with Crippen LogP contribution in [0.2, 0.25) is 0 Å². The van der Waals surface area contributed by atoms with E-state index in [0.29, 0.717) is 50.9 Å².